The van der Waals surface area contributed by atoms with Gasteiger partial charge in [0.1, 0.15) is 0 Å². The first-order chi connectivity index (χ1) is 13.7. The Morgan fingerprint density at radius 1 is 1.03 bits per heavy atom. The van der Waals surface area contributed by atoms with Gasteiger partial charge in [-0.1, -0.05) is 56.3 Å². The van der Waals surface area contributed by atoms with Crippen LogP contribution in [-0.4, -0.2) is 22.6 Å². The van der Waals surface area contributed by atoms with Gasteiger partial charge in [-0.25, -0.2) is 0 Å². The number of rotatable bonds is 3. The Kier molecular flexibility index (Phi) is 4.77. The van der Waals surface area contributed by atoms with Crippen molar-refractivity contribution in [3.05, 3.63) is 65.0 Å². The van der Waals surface area contributed by atoms with E-state index in [2.05, 4.69) is 43.0 Å². The molecule has 1 fully saturated rings. The summed E-state index contributed by atoms with van der Waals surface area (Å²) in [5.74, 6) is 1.14. The van der Waals surface area contributed by atoms with Gasteiger partial charge in [-0.2, -0.15) is 4.98 Å². The third-order valence-electron chi connectivity index (χ3n) is 5.64. The van der Waals surface area contributed by atoms with E-state index in [1.807, 2.05) is 49.1 Å². The Morgan fingerprint density at radius 3 is 2.31 bits per heavy atom. The van der Waals surface area contributed by atoms with Crippen LogP contribution in [0.1, 0.15) is 55.6 Å². The number of nitrogens with zero attached hydrogens (tertiary/aromatic N) is 3. The summed E-state index contributed by atoms with van der Waals surface area (Å²) in [6.07, 6.45) is 0.399. The molecule has 0 aliphatic carbocycles. The normalized spacial score (nSPS) is 17.2. The number of aromatic nitrogens is 2. The van der Waals surface area contributed by atoms with E-state index in [0.29, 0.717) is 24.7 Å². The Morgan fingerprint density at radius 2 is 1.69 bits per heavy atom. The summed E-state index contributed by atoms with van der Waals surface area (Å²) in [6.45, 7) is 11.2. The van der Waals surface area contributed by atoms with Gasteiger partial charge in [-0.3, -0.25) is 4.79 Å². The number of para-hydroxylation sites is 1. The van der Waals surface area contributed by atoms with Crippen LogP contribution < -0.4 is 4.90 Å². The highest BCUT2D eigenvalue weighted by molar-refractivity contribution is 5.97. The van der Waals surface area contributed by atoms with Crippen molar-refractivity contribution in [1.29, 1.82) is 0 Å². The van der Waals surface area contributed by atoms with Crippen LogP contribution in [0.25, 0.3) is 11.5 Å². The van der Waals surface area contributed by atoms with Gasteiger partial charge in [0.05, 0.1) is 0 Å². The number of hydrogen-bond donors (Lipinski definition) is 0. The fraction of sp³-hybridized carbons (Fsp3) is 0.375. The fourth-order valence-electron chi connectivity index (χ4n) is 3.96. The molecule has 4 rings (SSSR count). The molecule has 1 aliphatic rings. The maximum absolute atomic E-state index is 12.7. The largest absolute Gasteiger partial charge is 0.334 e. The zero-order chi connectivity index (χ0) is 20.8. The summed E-state index contributed by atoms with van der Waals surface area (Å²) in [4.78, 5) is 19.2. The van der Waals surface area contributed by atoms with Crippen molar-refractivity contribution in [2.24, 2.45) is 0 Å². The molecule has 1 amide bonds. The molecule has 150 valence electrons. The summed E-state index contributed by atoms with van der Waals surface area (Å²) >= 11 is 0. The lowest BCUT2D eigenvalue weighted by atomic mass is 9.87. The molecule has 0 radical (unpaired) electrons. The van der Waals surface area contributed by atoms with Crippen molar-refractivity contribution < 1.29 is 9.32 Å². The molecule has 1 aliphatic heterocycles. The maximum Gasteiger partial charge on any atom is 0.257 e. The molecule has 1 unspecified atom stereocenters. The second kappa shape index (κ2) is 7.14. The number of carbonyl (C=O) groups excluding carboxylic acids is 1. The topological polar surface area (TPSA) is 59.2 Å². The molecule has 1 saturated heterocycles. The van der Waals surface area contributed by atoms with Crippen LogP contribution in [0.4, 0.5) is 5.69 Å². The van der Waals surface area contributed by atoms with Gasteiger partial charge in [0.2, 0.25) is 5.91 Å². The second-order valence-corrected chi connectivity index (χ2v) is 8.93. The Bertz CT molecular complexity index is 1020. The molecule has 0 bridgehead atoms. The second-order valence-electron chi connectivity index (χ2n) is 8.93. The minimum atomic E-state index is -0.0622. The lowest BCUT2D eigenvalue weighted by Crippen LogP contribution is -2.26. The predicted octanol–water partition coefficient (Wildman–Crippen LogP) is 5.17. The van der Waals surface area contributed by atoms with E-state index < -0.39 is 0 Å². The Hall–Kier alpha value is -2.95. The molecular formula is C24H27N3O2. The molecule has 1 atom stereocenters. The fourth-order valence-corrected chi connectivity index (χ4v) is 3.96. The lowest BCUT2D eigenvalue weighted by Gasteiger charge is -2.21. The number of carbonyl (C=O) groups is 1. The van der Waals surface area contributed by atoms with Crippen LogP contribution in [0.5, 0.6) is 0 Å². The van der Waals surface area contributed by atoms with E-state index in [4.69, 9.17) is 4.52 Å². The summed E-state index contributed by atoms with van der Waals surface area (Å²) in [5, 5.41) is 4.19. The number of anilines is 1. The van der Waals surface area contributed by atoms with Crippen LogP contribution in [0.3, 0.4) is 0 Å². The average molecular weight is 389 g/mol. The first kappa shape index (κ1) is 19.4. The standard InChI is InChI=1S/C24H27N3O2/c1-15-7-6-8-16(2)21(15)27-14-18(13-20(27)28)22-25-23(29-26-22)17-9-11-19(12-10-17)24(3,4)5/h6-12,18H,13-14H2,1-5H3. The molecule has 0 N–H and O–H groups in total. The van der Waals surface area contributed by atoms with Crippen LogP contribution in [0.15, 0.2) is 47.0 Å². The van der Waals surface area contributed by atoms with Gasteiger partial charge in [0.25, 0.3) is 5.89 Å². The third kappa shape index (κ3) is 3.69. The van der Waals surface area contributed by atoms with E-state index >= 15 is 0 Å². The van der Waals surface area contributed by atoms with Crippen molar-refractivity contribution in [2.75, 3.05) is 11.4 Å². The summed E-state index contributed by atoms with van der Waals surface area (Å²) < 4.78 is 5.52. The summed E-state index contributed by atoms with van der Waals surface area (Å²) in [6, 6.07) is 14.3. The number of amides is 1. The Labute approximate surface area is 171 Å². The molecule has 29 heavy (non-hydrogen) atoms. The monoisotopic (exact) mass is 389 g/mol. The number of aryl methyl sites for hydroxylation is 2. The highest BCUT2D eigenvalue weighted by Crippen LogP contribution is 2.35. The summed E-state index contributed by atoms with van der Waals surface area (Å²) in [7, 11) is 0. The molecule has 0 saturated carbocycles. The van der Waals surface area contributed by atoms with Crippen molar-refractivity contribution in [1.82, 2.24) is 10.1 Å². The predicted molar refractivity (Wildman–Crippen MR) is 114 cm³/mol. The van der Waals surface area contributed by atoms with Gasteiger partial charge in [0.15, 0.2) is 5.82 Å². The minimum Gasteiger partial charge on any atom is -0.334 e. The van der Waals surface area contributed by atoms with Gasteiger partial charge in [0, 0.05) is 30.1 Å². The van der Waals surface area contributed by atoms with E-state index in [1.54, 1.807) is 0 Å². The molecule has 5 heteroatoms. The highest BCUT2D eigenvalue weighted by atomic mass is 16.5. The van der Waals surface area contributed by atoms with E-state index in [0.717, 1.165) is 22.4 Å². The zero-order valence-electron chi connectivity index (χ0n) is 17.7. The first-order valence-corrected chi connectivity index (χ1v) is 10.0. The third-order valence-corrected chi connectivity index (χ3v) is 5.64. The molecule has 2 aromatic carbocycles. The van der Waals surface area contributed by atoms with Crippen molar-refractivity contribution in [3.63, 3.8) is 0 Å². The van der Waals surface area contributed by atoms with E-state index in [-0.39, 0.29) is 17.2 Å². The van der Waals surface area contributed by atoms with Crippen LogP contribution in [-0.2, 0) is 10.2 Å². The maximum atomic E-state index is 12.7. The number of hydrogen-bond acceptors (Lipinski definition) is 4. The lowest BCUT2D eigenvalue weighted by molar-refractivity contribution is -0.117. The van der Waals surface area contributed by atoms with Gasteiger partial charge >= 0.3 is 0 Å². The molecule has 2 heterocycles. The highest BCUT2D eigenvalue weighted by Gasteiger charge is 2.35. The molecule has 3 aromatic rings. The van der Waals surface area contributed by atoms with Gasteiger partial charge < -0.3 is 9.42 Å². The van der Waals surface area contributed by atoms with Crippen LogP contribution in [0.2, 0.25) is 0 Å². The van der Waals surface area contributed by atoms with Gasteiger partial charge in [-0.05, 0) is 48.1 Å². The number of benzene rings is 2. The SMILES string of the molecule is Cc1cccc(C)c1N1CC(c2noc(-c3ccc(C(C)(C)C)cc3)n2)CC1=O. The van der Waals surface area contributed by atoms with Crippen LogP contribution in [0, 0.1) is 13.8 Å². The first-order valence-electron chi connectivity index (χ1n) is 10.0. The van der Waals surface area contributed by atoms with Crippen molar-refractivity contribution in [2.45, 2.75) is 52.4 Å². The van der Waals surface area contributed by atoms with Gasteiger partial charge in [-0.15, -0.1) is 0 Å². The van der Waals surface area contributed by atoms with Crippen LogP contribution >= 0.6 is 0 Å². The average Bonchev–Trinajstić information content (AvgIpc) is 3.29. The van der Waals surface area contributed by atoms with E-state index in [1.165, 1.54) is 5.56 Å². The Balaban J connectivity index is 1.55. The molecule has 0 spiro atoms. The zero-order valence-corrected chi connectivity index (χ0v) is 17.7. The van der Waals surface area contributed by atoms with Crippen molar-refractivity contribution in [3.8, 4) is 11.5 Å². The van der Waals surface area contributed by atoms with E-state index in [9.17, 15) is 4.79 Å². The molecule has 1 aromatic heterocycles. The molecular weight excluding hydrogens is 362 g/mol. The molecule has 5 nitrogen and oxygen atoms in total. The minimum absolute atomic E-state index is 0.0622. The van der Waals surface area contributed by atoms with Crippen molar-refractivity contribution >= 4 is 11.6 Å². The quantitative estimate of drug-likeness (QED) is 0.620. The smallest absolute Gasteiger partial charge is 0.257 e. The summed E-state index contributed by atoms with van der Waals surface area (Å²) in [5.41, 5.74) is 5.46.